The maximum Gasteiger partial charge on any atom is 0.242 e. The van der Waals surface area contributed by atoms with Crippen LogP contribution in [0.4, 0.5) is 5.82 Å². The number of aliphatic imine (C=N–C) groups is 1. The molecule has 0 saturated heterocycles. The number of nitrogens with zero attached hydrogens (tertiary/aromatic N) is 4. The highest BCUT2D eigenvalue weighted by Gasteiger charge is 2.04. The SMILES string of the molecule is CN(C)CCc1cc(N=C=O)nn1C. The minimum Gasteiger partial charge on any atom is -0.309 e. The van der Waals surface area contributed by atoms with Crippen molar-refractivity contribution in [3.05, 3.63) is 11.8 Å². The van der Waals surface area contributed by atoms with Crippen LogP contribution in [0.15, 0.2) is 11.1 Å². The van der Waals surface area contributed by atoms with E-state index in [9.17, 15) is 4.79 Å². The van der Waals surface area contributed by atoms with E-state index in [2.05, 4.69) is 15.0 Å². The Morgan fingerprint density at radius 3 is 2.93 bits per heavy atom. The number of hydrogen-bond acceptors (Lipinski definition) is 4. The number of carbonyl (C=O) groups excluding carboxylic acids is 1. The molecule has 5 nitrogen and oxygen atoms in total. The summed E-state index contributed by atoms with van der Waals surface area (Å²) in [7, 11) is 5.87. The zero-order chi connectivity index (χ0) is 10.6. The van der Waals surface area contributed by atoms with Crippen molar-refractivity contribution in [2.75, 3.05) is 20.6 Å². The van der Waals surface area contributed by atoms with Crippen LogP contribution in [0.1, 0.15) is 5.69 Å². The van der Waals surface area contributed by atoms with E-state index in [0.29, 0.717) is 5.82 Å². The largest absolute Gasteiger partial charge is 0.309 e. The third kappa shape index (κ3) is 2.80. The van der Waals surface area contributed by atoms with Crippen LogP contribution in [-0.4, -0.2) is 41.4 Å². The van der Waals surface area contributed by atoms with Gasteiger partial charge in [0.15, 0.2) is 5.82 Å². The van der Waals surface area contributed by atoms with Gasteiger partial charge < -0.3 is 4.90 Å². The third-order valence-corrected chi connectivity index (χ3v) is 1.94. The van der Waals surface area contributed by atoms with Crippen LogP contribution < -0.4 is 0 Å². The fraction of sp³-hybridized carbons (Fsp3) is 0.556. The average molecular weight is 194 g/mol. The van der Waals surface area contributed by atoms with Gasteiger partial charge in [-0.15, -0.1) is 4.99 Å². The molecule has 0 saturated carbocycles. The maximum atomic E-state index is 10.0. The molecule has 14 heavy (non-hydrogen) atoms. The van der Waals surface area contributed by atoms with Crippen molar-refractivity contribution in [1.29, 1.82) is 0 Å². The average Bonchev–Trinajstić information content (AvgIpc) is 2.44. The van der Waals surface area contributed by atoms with E-state index >= 15 is 0 Å². The van der Waals surface area contributed by atoms with Crippen LogP contribution >= 0.6 is 0 Å². The van der Waals surface area contributed by atoms with Gasteiger partial charge in [-0.1, -0.05) is 0 Å². The lowest BCUT2D eigenvalue weighted by molar-refractivity contribution is 0.408. The van der Waals surface area contributed by atoms with Crippen LogP contribution in [0, 0.1) is 0 Å². The predicted molar refractivity (Wildman–Crippen MR) is 53.2 cm³/mol. The van der Waals surface area contributed by atoms with E-state index in [-0.39, 0.29) is 0 Å². The number of hydrogen-bond donors (Lipinski definition) is 0. The second-order valence-electron chi connectivity index (χ2n) is 3.37. The minimum atomic E-state index is 0.427. The fourth-order valence-corrected chi connectivity index (χ4v) is 1.16. The van der Waals surface area contributed by atoms with Crippen LogP contribution in [-0.2, 0) is 18.3 Å². The highest BCUT2D eigenvalue weighted by Crippen LogP contribution is 2.11. The molecule has 0 aromatic carbocycles. The molecule has 1 aromatic rings. The predicted octanol–water partition coefficient (Wildman–Crippen LogP) is 0.491. The Balaban J connectivity index is 2.72. The van der Waals surface area contributed by atoms with Gasteiger partial charge in [0.25, 0.3) is 0 Å². The Morgan fingerprint density at radius 2 is 2.36 bits per heavy atom. The molecular weight excluding hydrogens is 180 g/mol. The highest BCUT2D eigenvalue weighted by molar-refractivity contribution is 5.44. The Morgan fingerprint density at radius 1 is 1.64 bits per heavy atom. The van der Waals surface area contributed by atoms with E-state index in [1.165, 1.54) is 6.08 Å². The molecule has 0 spiro atoms. The number of likely N-dealkylation sites (N-methyl/N-ethyl adjacent to an activating group) is 1. The number of rotatable bonds is 4. The molecule has 0 atom stereocenters. The summed E-state index contributed by atoms with van der Waals surface area (Å²) in [6, 6.07) is 1.80. The zero-order valence-corrected chi connectivity index (χ0v) is 8.69. The molecule has 0 N–H and O–H groups in total. The van der Waals surface area contributed by atoms with Crippen molar-refractivity contribution < 1.29 is 4.79 Å². The molecule has 1 rings (SSSR count). The third-order valence-electron chi connectivity index (χ3n) is 1.94. The molecule has 0 aliphatic carbocycles. The van der Waals surface area contributed by atoms with Crippen LogP contribution in [0.5, 0.6) is 0 Å². The summed E-state index contributed by atoms with van der Waals surface area (Å²) in [6.07, 6.45) is 2.37. The molecule has 0 bridgehead atoms. The molecule has 0 amide bonds. The molecular formula is C9H14N4O. The number of aryl methyl sites for hydroxylation is 1. The van der Waals surface area contributed by atoms with Gasteiger partial charge in [0, 0.05) is 31.8 Å². The molecule has 0 aliphatic rings. The van der Waals surface area contributed by atoms with Crippen molar-refractivity contribution in [1.82, 2.24) is 14.7 Å². The molecule has 0 fully saturated rings. The van der Waals surface area contributed by atoms with E-state index in [0.717, 1.165) is 18.7 Å². The summed E-state index contributed by atoms with van der Waals surface area (Å²) in [6.45, 7) is 0.948. The second kappa shape index (κ2) is 4.69. The van der Waals surface area contributed by atoms with Gasteiger partial charge in [-0.05, 0) is 14.1 Å². The second-order valence-corrected chi connectivity index (χ2v) is 3.37. The summed E-state index contributed by atoms with van der Waals surface area (Å²) in [4.78, 5) is 15.6. The van der Waals surface area contributed by atoms with E-state index < -0.39 is 0 Å². The van der Waals surface area contributed by atoms with Gasteiger partial charge in [-0.2, -0.15) is 5.10 Å². The number of isocyanates is 1. The van der Waals surface area contributed by atoms with Crippen molar-refractivity contribution >= 4 is 11.9 Å². The molecule has 1 heterocycles. The number of aromatic nitrogens is 2. The standard InChI is InChI=1S/C9H14N4O/c1-12(2)5-4-8-6-9(10-7-14)11-13(8)3/h6H,4-5H2,1-3H3. The van der Waals surface area contributed by atoms with Gasteiger partial charge in [-0.3, -0.25) is 4.68 Å². The smallest absolute Gasteiger partial charge is 0.242 e. The summed E-state index contributed by atoms with van der Waals surface area (Å²) in [5, 5.41) is 4.05. The quantitative estimate of drug-likeness (QED) is 0.518. The minimum absolute atomic E-state index is 0.427. The maximum absolute atomic E-state index is 10.0. The van der Waals surface area contributed by atoms with Crippen molar-refractivity contribution in [3.63, 3.8) is 0 Å². The lowest BCUT2D eigenvalue weighted by atomic mass is 10.3. The first-order chi connectivity index (χ1) is 6.63. The molecule has 76 valence electrons. The lowest BCUT2D eigenvalue weighted by Crippen LogP contribution is -2.16. The van der Waals surface area contributed by atoms with Gasteiger partial charge >= 0.3 is 0 Å². The highest BCUT2D eigenvalue weighted by atomic mass is 16.1. The first-order valence-corrected chi connectivity index (χ1v) is 4.39. The molecule has 0 radical (unpaired) electrons. The Bertz CT molecular complexity index is 350. The first kappa shape index (κ1) is 10.6. The molecule has 5 heteroatoms. The van der Waals surface area contributed by atoms with Crippen molar-refractivity contribution in [2.24, 2.45) is 12.0 Å². The summed E-state index contributed by atoms with van der Waals surface area (Å²) in [5.41, 5.74) is 1.06. The lowest BCUT2D eigenvalue weighted by Gasteiger charge is -2.08. The topological polar surface area (TPSA) is 50.5 Å². The van der Waals surface area contributed by atoms with Gasteiger partial charge in [0.05, 0.1) is 0 Å². The summed E-state index contributed by atoms with van der Waals surface area (Å²) in [5.74, 6) is 0.427. The van der Waals surface area contributed by atoms with Gasteiger partial charge in [-0.25, -0.2) is 4.79 Å². The normalized spacial score (nSPS) is 10.3. The van der Waals surface area contributed by atoms with Crippen molar-refractivity contribution in [2.45, 2.75) is 6.42 Å². The van der Waals surface area contributed by atoms with Crippen LogP contribution in [0.3, 0.4) is 0 Å². The Hall–Kier alpha value is -1.45. The zero-order valence-electron chi connectivity index (χ0n) is 8.69. The monoisotopic (exact) mass is 194 g/mol. The summed E-state index contributed by atoms with van der Waals surface area (Å²) < 4.78 is 1.74. The first-order valence-electron chi connectivity index (χ1n) is 4.39. The van der Waals surface area contributed by atoms with E-state index in [4.69, 9.17) is 0 Å². The van der Waals surface area contributed by atoms with Crippen LogP contribution in [0.2, 0.25) is 0 Å². The molecule has 0 unspecified atom stereocenters. The molecule has 0 aliphatic heterocycles. The summed E-state index contributed by atoms with van der Waals surface area (Å²) >= 11 is 0. The van der Waals surface area contributed by atoms with Crippen LogP contribution in [0.25, 0.3) is 0 Å². The van der Waals surface area contributed by atoms with E-state index in [1.807, 2.05) is 21.1 Å². The van der Waals surface area contributed by atoms with Gasteiger partial charge in [0.2, 0.25) is 6.08 Å². The molecule has 1 aromatic heterocycles. The fourth-order valence-electron chi connectivity index (χ4n) is 1.16. The van der Waals surface area contributed by atoms with E-state index in [1.54, 1.807) is 10.7 Å². The Labute approximate surface area is 83.0 Å². The van der Waals surface area contributed by atoms with Crippen molar-refractivity contribution in [3.8, 4) is 0 Å². The van der Waals surface area contributed by atoms with Gasteiger partial charge in [0.1, 0.15) is 0 Å². The Kier molecular flexibility index (Phi) is 3.56.